The second-order valence-corrected chi connectivity index (χ2v) is 12.0. The van der Waals surface area contributed by atoms with E-state index in [0.717, 1.165) is 62.6 Å². The molecule has 0 amide bonds. The van der Waals surface area contributed by atoms with Gasteiger partial charge in [-0.2, -0.15) is 5.10 Å². The van der Waals surface area contributed by atoms with Gasteiger partial charge in [0.15, 0.2) is 0 Å². The lowest BCUT2D eigenvalue weighted by molar-refractivity contribution is -0.117. The summed E-state index contributed by atoms with van der Waals surface area (Å²) in [5, 5.41) is 4.78. The third kappa shape index (κ3) is 7.07. The number of hydrogen-bond donors (Lipinski definition) is 0. The van der Waals surface area contributed by atoms with Crippen molar-refractivity contribution >= 4 is 5.78 Å². The lowest BCUT2D eigenvalue weighted by atomic mass is 9.73. The molecule has 0 bridgehead atoms. The number of methoxy groups -OCH3 is 1. The first-order chi connectivity index (χ1) is 19.9. The Morgan fingerprint density at radius 1 is 1.10 bits per heavy atom. The summed E-state index contributed by atoms with van der Waals surface area (Å²) in [6, 6.07) is 13.2. The number of hydrogen-bond acceptors (Lipinski definition) is 6. The Labute approximate surface area is 244 Å². The highest BCUT2D eigenvalue weighted by Crippen LogP contribution is 2.38. The molecule has 5 rings (SSSR count). The smallest absolute Gasteiger partial charge is 0.211 e. The number of benzene rings is 1. The highest BCUT2D eigenvalue weighted by Gasteiger charge is 2.35. The van der Waals surface area contributed by atoms with E-state index in [1.807, 2.05) is 13.1 Å². The van der Waals surface area contributed by atoms with Crippen LogP contribution in [0.15, 0.2) is 36.4 Å². The number of pyridine rings is 1. The van der Waals surface area contributed by atoms with E-state index in [-0.39, 0.29) is 17.1 Å². The van der Waals surface area contributed by atoms with Gasteiger partial charge in [0.05, 0.1) is 18.9 Å². The Morgan fingerprint density at radius 2 is 1.90 bits per heavy atom. The van der Waals surface area contributed by atoms with Crippen molar-refractivity contribution in [3.63, 3.8) is 0 Å². The molecule has 2 aliphatic rings. The predicted molar refractivity (Wildman–Crippen MR) is 160 cm³/mol. The number of ether oxygens (including phenoxy) is 3. The first-order valence-corrected chi connectivity index (χ1v) is 15.2. The van der Waals surface area contributed by atoms with Crippen LogP contribution >= 0.6 is 0 Å². The molecule has 1 saturated heterocycles. The van der Waals surface area contributed by atoms with Crippen LogP contribution in [0, 0.1) is 6.92 Å². The molecule has 1 aliphatic carbocycles. The Morgan fingerprint density at radius 3 is 2.68 bits per heavy atom. The van der Waals surface area contributed by atoms with E-state index in [1.54, 1.807) is 18.7 Å². The molecule has 41 heavy (non-hydrogen) atoms. The number of fused-ring (bicyclic) bond motifs is 1. The monoisotopic (exact) mass is 559 g/mol. The zero-order chi connectivity index (χ0) is 28.8. The van der Waals surface area contributed by atoms with E-state index in [0.29, 0.717) is 26.1 Å². The van der Waals surface area contributed by atoms with Gasteiger partial charge < -0.3 is 19.0 Å². The van der Waals surface area contributed by atoms with Crippen molar-refractivity contribution in [2.45, 2.75) is 83.0 Å². The van der Waals surface area contributed by atoms with Crippen LogP contribution in [0.25, 0.3) is 0 Å². The van der Waals surface area contributed by atoms with Crippen LogP contribution in [-0.2, 0) is 52.4 Å². The van der Waals surface area contributed by atoms with Crippen molar-refractivity contribution in [1.29, 1.82) is 0 Å². The lowest BCUT2D eigenvalue weighted by Gasteiger charge is -2.38. The first kappa shape index (κ1) is 29.5. The fourth-order valence-corrected chi connectivity index (χ4v) is 6.62. The molecule has 1 atom stereocenters. The number of carbonyl (C=O) groups excluding carboxylic acids is 1. The minimum absolute atomic E-state index is 0.0364. The summed E-state index contributed by atoms with van der Waals surface area (Å²) in [5.41, 5.74) is 8.31. The van der Waals surface area contributed by atoms with Gasteiger partial charge in [-0.1, -0.05) is 24.3 Å². The fourth-order valence-electron chi connectivity index (χ4n) is 6.62. The minimum Gasteiger partial charge on any atom is -0.477 e. The highest BCUT2D eigenvalue weighted by atomic mass is 16.5. The molecule has 3 aromatic rings. The van der Waals surface area contributed by atoms with E-state index in [1.165, 1.54) is 40.8 Å². The van der Waals surface area contributed by atoms with E-state index in [4.69, 9.17) is 24.3 Å². The number of carbonyl (C=O) groups is 1. The summed E-state index contributed by atoms with van der Waals surface area (Å²) in [6.07, 6.45) is 8.51. The molecule has 1 fully saturated rings. The maximum absolute atomic E-state index is 12.4. The zero-order valence-corrected chi connectivity index (χ0v) is 25.2. The normalized spacial score (nSPS) is 17.2. The minimum atomic E-state index is -0.0604. The van der Waals surface area contributed by atoms with Crippen LogP contribution in [0.4, 0.5) is 0 Å². The maximum Gasteiger partial charge on any atom is 0.211 e. The summed E-state index contributed by atoms with van der Waals surface area (Å²) < 4.78 is 19.3. The quantitative estimate of drug-likeness (QED) is 0.287. The molecule has 7 heteroatoms. The van der Waals surface area contributed by atoms with Gasteiger partial charge in [-0.25, -0.2) is 4.68 Å². The molecule has 1 aliphatic heterocycles. The summed E-state index contributed by atoms with van der Waals surface area (Å²) in [4.78, 5) is 17.3. The molecule has 2 aromatic heterocycles. The third-order valence-corrected chi connectivity index (χ3v) is 8.92. The van der Waals surface area contributed by atoms with Crippen molar-refractivity contribution in [2.75, 3.05) is 33.5 Å². The molecule has 0 N–H and O–H groups in total. The number of rotatable bonds is 12. The molecule has 1 unspecified atom stereocenters. The van der Waals surface area contributed by atoms with Crippen molar-refractivity contribution < 1.29 is 19.0 Å². The van der Waals surface area contributed by atoms with Crippen molar-refractivity contribution in [3.05, 3.63) is 75.7 Å². The molecule has 1 aromatic carbocycles. The zero-order valence-electron chi connectivity index (χ0n) is 25.2. The van der Waals surface area contributed by atoms with Crippen LogP contribution in [-0.4, -0.2) is 54.1 Å². The van der Waals surface area contributed by atoms with Gasteiger partial charge in [0.1, 0.15) is 5.78 Å². The SMILES string of the molecule is COCC1(c2ccc(C)c(C(CC(C)=O)Cc3cc(OCCc4ccc5c(n4)CCCC5)n(C)n3)c2)CCOCC1. The Hall–Kier alpha value is -3.03. The van der Waals surface area contributed by atoms with Gasteiger partial charge in [0.25, 0.3) is 0 Å². The topological polar surface area (TPSA) is 75.5 Å². The van der Waals surface area contributed by atoms with E-state index in [9.17, 15) is 4.79 Å². The van der Waals surface area contributed by atoms with Crippen molar-refractivity contribution in [1.82, 2.24) is 14.8 Å². The molecular weight excluding hydrogens is 514 g/mol. The standard InChI is InChI=1S/C34H45N3O4/c1-24-9-11-28(34(23-39-4)14-17-40-18-15-34)21-31(24)27(19-25(2)38)20-30-22-33(37(3)36-30)41-16-13-29-12-10-26-7-5-6-8-32(26)35-29/h9-12,21-22,27H,5-8,13-20,23H2,1-4H3. The molecule has 3 heterocycles. The average Bonchev–Trinajstić information content (AvgIpc) is 3.31. The van der Waals surface area contributed by atoms with Gasteiger partial charge in [-0.15, -0.1) is 0 Å². The maximum atomic E-state index is 12.4. The molecule has 220 valence electrons. The number of Topliss-reactive ketones (excluding diaryl/α,β-unsaturated/α-hetero) is 1. The number of ketones is 1. The van der Waals surface area contributed by atoms with E-state index < -0.39 is 0 Å². The number of nitrogens with zero attached hydrogens (tertiary/aromatic N) is 3. The Kier molecular flexibility index (Phi) is 9.56. The third-order valence-electron chi connectivity index (χ3n) is 8.92. The molecule has 0 spiro atoms. The largest absolute Gasteiger partial charge is 0.477 e. The molecule has 0 saturated carbocycles. The van der Waals surface area contributed by atoms with Gasteiger partial charge in [-0.05, 0) is 93.0 Å². The average molecular weight is 560 g/mol. The summed E-state index contributed by atoms with van der Waals surface area (Å²) in [7, 11) is 3.69. The van der Waals surface area contributed by atoms with Crippen LogP contribution in [0.1, 0.15) is 84.3 Å². The number of aryl methyl sites for hydroxylation is 4. The molecule has 0 radical (unpaired) electrons. The second kappa shape index (κ2) is 13.3. The van der Waals surface area contributed by atoms with Crippen molar-refractivity contribution in [2.24, 2.45) is 7.05 Å². The van der Waals surface area contributed by atoms with Gasteiger partial charge >= 0.3 is 0 Å². The predicted octanol–water partition coefficient (Wildman–Crippen LogP) is 5.62. The molecular formula is C34H45N3O4. The fraction of sp³-hybridized carbons (Fsp3) is 0.559. The summed E-state index contributed by atoms with van der Waals surface area (Å²) in [6.45, 7) is 6.51. The van der Waals surface area contributed by atoms with Gasteiger partial charge in [0, 0.05) is 63.1 Å². The van der Waals surface area contributed by atoms with Crippen LogP contribution < -0.4 is 4.74 Å². The molecule has 7 nitrogen and oxygen atoms in total. The van der Waals surface area contributed by atoms with Gasteiger partial charge in [0.2, 0.25) is 5.88 Å². The van der Waals surface area contributed by atoms with Crippen molar-refractivity contribution in [3.8, 4) is 5.88 Å². The van der Waals surface area contributed by atoms with Crippen LogP contribution in [0.3, 0.4) is 0 Å². The Bertz CT molecular complexity index is 1340. The Balaban J connectivity index is 1.30. The van der Waals surface area contributed by atoms with Crippen LogP contribution in [0.5, 0.6) is 5.88 Å². The van der Waals surface area contributed by atoms with E-state index in [2.05, 4.69) is 37.3 Å². The highest BCUT2D eigenvalue weighted by molar-refractivity contribution is 5.76. The second-order valence-electron chi connectivity index (χ2n) is 12.0. The lowest BCUT2D eigenvalue weighted by Crippen LogP contribution is -2.38. The van der Waals surface area contributed by atoms with Crippen LogP contribution in [0.2, 0.25) is 0 Å². The van der Waals surface area contributed by atoms with Gasteiger partial charge in [-0.3, -0.25) is 4.98 Å². The first-order valence-electron chi connectivity index (χ1n) is 15.2. The van der Waals surface area contributed by atoms with E-state index >= 15 is 0 Å². The summed E-state index contributed by atoms with van der Waals surface area (Å²) >= 11 is 0. The summed E-state index contributed by atoms with van der Waals surface area (Å²) in [5.74, 6) is 0.961. The number of aromatic nitrogens is 3.